The van der Waals surface area contributed by atoms with Crippen molar-refractivity contribution in [1.29, 1.82) is 0 Å². The van der Waals surface area contributed by atoms with Crippen molar-refractivity contribution in [1.82, 2.24) is 5.32 Å². The van der Waals surface area contributed by atoms with Gasteiger partial charge in [0.1, 0.15) is 5.82 Å². The lowest BCUT2D eigenvalue weighted by atomic mass is 10.3. The third-order valence-corrected chi connectivity index (χ3v) is 2.49. The van der Waals surface area contributed by atoms with Crippen LogP contribution in [0.2, 0.25) is 0 Å². The van der Waals surface area contributed by atoms with E-state index < -0.39 is 17.6 Å². The summed E-state index contributed by atoms with van der Waals surface area (Å²) in [5.41, 5.74) is 5.49. The number of rotatable bonds is 4. The lowest BCUT2D eigenvalue weighted by Gasteiger charge is -2.07. The van der Waals surface area contributed by atoms with Gasteiger partial charge >= 0.3 is 0 Å². The van der Waals surface area contributed by atoms with Crippen LogP contribution < -0.4 is 16.4 Å². The molecule has 92 valence electrons. The maximum atomic E-state index is 12.8. The van der Waals surface area contributed by atoms with E-state index in [-0.39, 0.29) is 13.1 Å². The van der Waals surface area contributed by atoms with Gasteiger partial charge in [0.2, 0.25) is 11.8 Å². The Morgan fingerprint density at radius 2 is 2.06 bits per heavy atom. The highest BCUT2D eigenvalue weighted by atomic mass is 79.9. The minimum atomic E-state index is -0.418. The topological polar surface area (TPSA) is 84.2 Å². The molecule has 0 spiro atoms. The number of nitrogens with one attached hydrogen (secondary N) is 2. The Labute approximate surface area is 106 Å². The Morgan fingerprint density at radius 1 is 1.35 bits per heavy atom. The normalized spacial score (nSPS) is 9.82. The number of benzene rings is 1. The molecule has 0 unspecified atom stereocenters. The molecule has 0 bridgehead atoms. The van der Waals surface area contributed by atoms with E-state index in [2.05, 4.69) is 26.6 Å². The molecule has 1 aromatic rings. The van der Waals surface area contributed by atoms with Crippen LogP contribution in [0.5, 0.6) is 0 Å². The summed E-state index contributed by atoms with van der Waals surface area (Å²) in [7, 11) is 0. The maximum absolute atomic E-state index is 12.8. The van der Waals surface area contributed by atoms with E-state index in [0.717, 1.165) is 0 Å². The first kappa shape index (κ1) is 13.6. The number of nitrogens with two attached hydrogens (primary N) is 1. The fourth-order valence-corrected chi connectivity index (χ4v) is 1.49. The molecule has 0 aliphatic carbocycles. The quantitative estimate of drug-likeness (QED) is 0.761. The van der Waals surface area contributed by atoms with E-state index in [1.807, 2.05) is 0 Å². The molecule has 0 atom stereocenters. The highest BCUT2D eigenvalue weighted by molar-refractivity contribution is 9.10. The Hall–Kier alpha value is -1.47. The summed E-state index contributed by atoms with van der Waals surface area (Å²) >= 11 is 3.11. The van der Waals surface area contributed by atoms with Crippen molar-refractivity contribution in [2.45, 2.75) is 0 Å². The second-order valence-electron chi connectivity index (χ2n) is 3.15. The molecule has 2 amide bonds. The number of anilines is 1. The van der Waals surface area contributed by atoms with E-state index in [1.54, 1.807) is 0 Å². The molecule has 0 aliphatic rings. The smallest absolute Gasteiger partial charge is 0.243 e. The van der Waals surface area contributed by atoms with E-state index in [0.29, 0.717) is 10.2 Å². The molecule has 0 saturated heterocycles. The molecule has 1 rings (SSSR count). The third kappa shape index (κ3) is 4.49. The van der Waals surface area contributed by atoms with Crippen LogP contribution in [-0.4, -0.2) is 24.9 Å². The fraction of sp³-hybridized carbons (Fsp3) is 0.200. The van der Waals surface area contributed by atoms with Crippen molar-refractivity contribution >= 4 is 33.4 Å². The van der Waals surface area contributed by atoms with E-state index in [9.17, 15) is 14.0 Å². The van der Waals surface area contributed by atoms with Gasteiger partial charge in [0, 0.05) is 4.47 Å². The first-order chi connectivity index (χ1) is 8.02. The minimum absolute atomic E-state index is 0.173. The van der Waals surface area contributed by atoms with Gasteiger partial charge in [-0.15, -0.1) is 0 Å². The van der Waals surface area contributed by atoms with Crippen molar-refractivity contribution in [3.8, 4) is 0 Å². The first-order valence-corrected chi connectivity index (χ1v) is 5.54. The third-order valence-electron chi connectivity index (χ3n) is 1.84. The number of amides is 2. The monoisotopic (exact) mass is 303 g/mol. The molecule has 0 aromatic heterocycles. The highest BCUT2D eigenvalue weighted by Gasteiger charge is 2.07. The Morgan fingerprint density at radius 3 is 2.65 bits per heavy atom. The van der Waals surface area contributed by atoms with E-state index >= 15 is 0 Å². The summed E-state index contributed by atoms with van der Waals surface area (Å²) in [5.74, 6) is -1.25. The van der Waals surface area contributed by atoms with Crippen molar-refractivity contribution in [3.05, 3.63) is 28.5 Å². The molecule has 0 heterocycles. The van der Waals surface area contributed by atoms with Gasteiger partial charge in [-0.25, -0.2) is 4.39 Å². The lowest BCUT2D eigenvalue weighted by molar-refractivity contribution is -0.123. The van der Waals surface area contributed by atoms with Gasteiger partial charge in [-0.2, -0.15) is 0 Å². The van der Waals surface area contributed by atoms with Crippen LogP contribution in [0, 0.1) is 5.82 Å². The van der Waals surface area contributed by atoms with Crippen molar-refractivity contribution in [2.24, 2.45) is 5.73 Å². The van der Waals surface area contributed by atoms with Crippen LogP contribution in [0.3, 0.4) is 0 Å². The Balaban J connectivity index is 2.53. The lowest BCUT2D eigenvalue weighted by Crippen LogP contribution is -2.36. The molecule has 17 heavy (non-hydrogen) atoms. The van der Waals surface area contributed by atoms with Crippen molar-refractivity contribution in [2.75, 3.05) is 18.4 Å². The summed E-state index contributed by atoms with van der Waals surface area (Å²) in [5, 5.41) is 4.83. The molecule has 0 aliphatic heterocycles. The standard InChI is InChI=1S/C10H11BrFN3O2/c11-7-3-6(12)1-2-8(7)15-10(17)5-14-9(16)4-13/h1-3H,4-5,13H2,(H,14,16)(H,15,17). The second kappa shape index (κ2) is 6.31. The summed E-state index contributed by atoms with van der Waals surface area (Å²) < 4.78 is 13.2. The summed E-state index contributed by atoms with van der Waals surface area (Å²) in [6.07, 6.45) is 0. The molecule has 0 radical (unpaired) electrons. The summed E-state index contributed by atoms with van der Waals surface area (Å²) in [6.45, 7) is -0.354. The minimum Gasteiger partial charge on any atom is -0.346 e. The molecule has 0 fully saturated rings. The highest BCUT2D eigenvalue weighted by Crippen LogP contribution is 2.22. The Kier molecular flexibility index (Phi) is 5.05. The average molecular weight is 304 g/mol. The van der Waals surface area contributed by atoms with Gasteiger partial charge in [0.05, 0.1) is 18.8 Å². The average Bonchev–Trinajstić information content (AvgIpc) is 2.29. The predicted octanol–water partition coefficient (Wildman–Crippen LogP) is 0.602. The first-order valence-electron chi connectivity index (χ1n) is 4.74. The molecule has 7 heteroatoms. The van der Waals surface area contributed by atoms with Crippen LogP contribution >= 0.6 is 15.9 Å². The van der Waals surface area contributed by atoms with E-state index in [1.165, 1.54) is 18.2 Å². The zero-order chi connectivity index (χ0) is 12.8. The number of hydrogen-bond donors (Lipinski definition) is 3. The van der Waals surface area contributed by atoms with Crippen LogP contribution in [0.25, 0.3) is 0 Å². The SMILES string of the molecule is NCC(=O)NCC(=O)Nc1ccc(F)cc1Br. The number of hydrogen-bond acceptors (Lipinski definition) is 3. The van der Waals surface area contributed by atoms with Gasteiger partial charge in [-0.05, 0) is 34.1 Å². The van der Waals surface area contributed by atoms with Gasteiger partial charge in [-0.1, -0.05) is 0 Å². The largest absolute Gasteiger partial charge is 0.346 e. The maximum Gasteiger partial charge on any atom is 0.243 e. The molecule has 0 saturated carbocycles. The summed E-state index contributed by atoms with van der Waals surface area (Å²) in [4.78, 5) is 22.2. The molecular formula is C10H11BrFN3O2. The zero-order valence-corrected chi connectivity index (χ0v) is 10.4. The zero-order valence-electron chi connectivity index (χ0n) is 8.80. The van der Waals surface area contributed by atoms with Crippen LogP contribution in [0.4, 0.5) is 10.1 Å². The van der Waals surface area contributed by atoms with Gasteiger partial charge in [0.25, 0.3) is 0 Å². The molecular weight excluding hydrogens is 293 g/mol. The van der Waals surface area contributed by atoms with Crippen LogP contribution in [-0.2, 0) is 9.59 Å². The van der Waals surface area contributed by atoms with Gasteiger partial charge in [-0.3, -0.25) is 9.59 Å². The fourth-order valence-electron chi connectivity index (χ4n) is 1.04. The number of carbonyl (C=O) groups excluding carboxylic acids is 2. The predicted molar refractivity (Wildman–Crippen MR) is 64.8 cm³/mol. The van der Waals surface area contributed by atoms with Crippen molar-refractivity contribution < 1.29 is 14.0 Å². The molecule has 4 N–H and O–H groups in total. The Bertz CT molecular complexity index is 440. The summed E-state index contributed by atoms with van der Waals surface area (Å²) in [6, 6.07) is 3.87. The van der Waals surface area contributed by atoms with Gasteiger partial charge < -0.3 is 16.4 Å². The second-order valence-corrected chi connectivity index (χ2v) is 4.01. The van der Waals surface area contributed by atoms with Gasteiger partial charge in [0.15, 0.2) is 0 Å². The molecule has 1 aromatic carbocycles. The van der Waals surface area contributed by atoms with Crippen LogP contribution in [0.15, 0.2) is 22.7 Å². The number of halogens is 2. The van der Waals surface area contributed by atoms with E-state index in [4.69, 9.17) is 5.73 Å². The number of carbonyl (C=O) groups is 2. The van der Waals surface area contributed by atoms with Crippen molar-refractivity contribution in [3.63, 3.8) is 0 Å². The molecule has 5 nitrogen and oxygen atoms in total. The van der Waals surface area contributed by atoms with Crippen LogP contribution in [0.1, 0.15) is 0 Å².